The van der Waals surface area contributed by atoms with Gasteiger partial charge in [-0.25, -0.2) is 0 Å². The highest BCUT2D eigenvalue weighted by Crippen LogP contribution is 2.07. The van der Waals surface area contributed by atoms with Crippen LogP contribution >= 0.6 is 0 Å². The number of ether oxygens (including phenoxy) is 1. The van der Waals surface area contributed by atoms with Crippen molar-refractivity contribution < 1.29 is 23.8 Å². The number of hydrogen-bond acceptors (Lipinski definition) is 5. The summed E-state index contributed by atoms with van der Waals surface area (Å²) in [6.07, 6.45) is 1.36. The third-order valence-electron chi connectivity index (χ3n) is 3.40. The zero-order valence-electron chi connectivity index (χ0n) is 11.9. The highest BCUT2D eigenvalue weighted by atomic mass is 16.5. The van der Waals surface area contributed by atoms with E-state index < -0.39 is 5.97 Å². The van der Waals surface area contributed by atoms with Gasteiger partial charge in [-0.2, -0.15) is 0 Å². The summed E-state index contributed by atoms with van der Waals surface area (Å²) in [6, 6.07) is 3.23. The Bertz CT molecular complexity index is 454. The molecule has 0 aromatic carbocycles. The summed E-state index contributed by atoms with van der Waals surface area (Å²) < 4.78 is 10.4. The lowest BCUT2D eigenvalue weighted by atomic mass is 10.3. The maximum absolute atomic E-state index is 12.3. The summed E-state index contributed by atoms with van der Waals surface area (Å²) >= 11 is 0. The fraction of sp³-hybridized carbons (Fsp3) is 0.571. The first-order valence-corrected chi connectivity index (χ1v) is 7.01. The van der Waals surface area contributed by atoms with Crippen LogP contribution in [0.1, 0.15) is 17.0 Å². The van der Waals surface area contributed by atoms with E-state index in [4.69, 9.17) is 14.3 Å². The molecular weight excluding hydrogens is 276 g/mol. The molecule has 2 rings (SSSR count). The number of aliphatic carboxylic acids is 1. The number of nitrogens with zero attached hydrogens (tertiary/aromatic N) is 2. The fourth-order valence-corrected chi connectivity index (χ4v) is 2.19. The van der Waals surface area contributed by atoms with Gasteiger partial charge in [-0.1, -0.05) is 0 Å². The van der Waals surface area contributed by atoms with Gasteiger partial charge >= 0.3 is 5.97 Å². The lowest BCUT2D eigenvalue weighted by Gasteiger charge is -2.29. The Balaban J connectivity index is 1.91. The van der Waals surface area contributed by atoms with Gasteiger partial charge in [0.2, 0.25) is 0 Å². The normalized spacial score (nSPS) is 15.8. The molecule has 116 valence electrons. The molecule has 1 N–H and O–H groups in total. The molecule has 1 saturated heterocycles. The summed E-state index contributed by atoms with van der Waals surface area (Å²) in [6.45, 7) is 4.42. The summed E-state index contributed by atoms with van der Waals surface area (Å²) in [7, 11) is 0. The molecule has 0 atom stereocenters. The van der Waals surface area contributed by atoms with Crippen LogP contribution in [0.4, 0.5) is 0 Å². The second kappa shape index (κ2) is 7.80. The Morgan fingerprint density at radius 3 is 2.67 bits per heavy atom. The maximum atomic E-state index is 12.3. The van der Waals surface area contributed by atoms with Crippen molar-refractivity contribution >= 4 is 11.9 Å². The zero-order valence-corrected chi connectivity index (χ0v) is 11.9. The largest absolute Gasteiger partial charge is 0.481 e. The van der Waals surface area contributed by atoms with E-state index in [1.165, 1.54) is 11.2 Å². The van der Waals surface area contributed by atoms with Gasteiger partial charge in [-0.05, 0) is 12.1 Å². The van der Waals surface area contributed by atoms with Crippen molar-refractivity contribution in [3.63, 3.8) is 0 Å². The number of morpholine rings is 1. The summed E-state index contributed by atoms with van der Waals surface area (Å²) in [5.74, 6) is -0.949. The zero-order chi connectivity index (χ0) is 15.1. The predicted molar refractivity (Wildman–Crippen MR) is 74.1 cm³/mol. The standard InChI is InChI=1S/C14H20N2O5/c17-13(18)3-4-16(14(19)12-2-1-9-21-12)6-5-15-7-10-20-11-8-15/h1-2,9H,3-8,10-11H2,(H,17,18). The second-order valence-electron chi connectivity index (χ2n) is 4.87. The Labute approximate surface area is 123 Å². The fourth-order valence-electron chi connectivity index (χ4n) is 2.19. The molecule has 2 heterocycles. The number of carbonyl (C=O) groups excluding carboxylic acids is 1. The van der Waals surface area contributed by atoms with Gasteiger partial charge in [0, 0.05) is 32.7 Å². The summed E-state index contributed by atoms with van der Waals surface area (Å²) in [4.78, 5) is 26.7. The first-order valence-electron chi connectivity index (χ1n) is 7.01. The second-order valence-corrected chi connectivity index (χ2v) is 4.87. The van der Waals surface area contributed by atoms with Crippen LogP contribution < -0.4 is 0 Å². The Kier molecular flexibility index (Phi) is 5.77. The van der Waals surface area contributed by atoms with Crippen LogP contribution in [0.15, 0.2) is 22.8 Å². The minimum atomic E-state index is -0.918. The molecular formula is C14H20N2O5. The van der Waals surface area contributed by atoms with Crippen LogP contribution in [0.25, 0.3) is 0 Å². The van der Waals surface area contributed by atoms with Crippen molar-refractivity contribution in [2.75, 3.05) is 45.9 Å². The molecule has 1 amide bonds. The van der Waals surface area contributed by atoms with E-state index in [1.54, 1.807) is 12.1 Å². The molecule has 21 heavy (non-hydrogen) atoms. The number of rotatable bonds is 7. The molecule has 1 aliphatic heterocycles. The molecule has 0 spiro atoms. The average molecular weight is 296 g/mol. The van der Waals surface area contributed by atoms with Crippen LogP contribution in [-0.2, 0) is 9.53 Å². The molecule has 1 aliphatic rings. The third kappa shape index (κ3) is 4.87. The molecule has 0 saturated carbocycles. The molecule has 1 aromatic heterocycles. The molecule has 0 aliphatic carbocycles. The van der Waals surface area contributed by atoms with Crippen LogP contribution in [0.2, 0.25) is 0 Å². The average Bonchev–Trinajstić information content (AvgIpc) is 3.02. The number of carboxylic acids is 1. The van der Waals surface area contributed by atoms with Crippen molar-refractivity contribution in [2.24, 2.45) is 0 Å². The molecule has 7 heteroatoms. The first kappa shape index (κ1) is 15.5. The van der Waals surface area contributed by atoms with Crippen molar-refractivity contribution in [1.82, 2.24) is 9.80 Å². The smallest absolute Gasteiger partial charge is 0.305 e. The number of carbonyl (C=O) groups is 2. The van der Waals surface area contributed by atoms with E-state index in [0.717, 1.165) is 13.1 Å². The molecule has 1 aromatic rings. The van der Waals surface area contributed by atoms with E-state index >= 15 is 0 Å². The van der Waals surface area contributed by atoms with Crippen LogP contribution in [0.3, 0.4) is 0 Å². The molecule has 1 fully saturated rings. The van der Waals surface area contributed by atoms with Gasteiger partial charge in [-0.3, -0.25) is 14.5 Å². The van der Waals surface area contributed by atoms with Crippen LogP contribution in [0.5, 0.6) is 0 Å². The number of carboxylic acid groups (broad SMARTS) is 1. The minimum Gasteiger partial charge on any atom is -0.481 e. The number of furan rings is 1. The Hall–Kier alpha value is -1.86. The summed E-state index contributed by atoms with van der Waals surface area (Å²) in [5.41, 5.74) is 0. The Morgan fingerprint density at radius 1 is 1.29 bits per heavy atom. The van der Waals surface area contributed by atoms with E-state index in [1.807, 2.05) is 0 Å². The highest BCUT2D eigenvalue weighted by molar-refractivity contribution is 5.91. The van der Waals surface area contributed by atoms with Gasteiger partial charge in [-0.15, -0.1) is 0 Å². The van der Waals surface area contributed by atoms with Crippen molar-refractivity contribution in [3.05, 3.63) is 24.2 Å². The quantitative estimate of drug-likeness (QED) is 0.790. The maximum Gasteiger partial charge on any atom is 0.305 e. The van der Waals surface area contributed by atoms with Crippen molar-refractivity contribution in [1.29, 1.82) is 0 Å². The van der Waals surface area contributed by atoms with Gasteiger partial charge < -0.3 is 19.2 Å². The van der Waals surface area contributed by atoms with Crippen molar-refractivity contribution in [2.45, 2.75) is 6.42 Å². The highest BCUT2D eigenvalue weighted by Gasteiger charge is 2.20. The van der Waals surface area contributed by atoms with E-state index in [9.17, 15) is 9.59 Å². The topological polar surface area (TPSA) is 83.2 Å². The number of hydrogen-bond donors (Lipinski definition) is 1. The van der Waals surface area contributed by atoms with Gasteiger partial charge in [0.15, 0.2) is 5.76 Å². The first-order chi connectivity index (χ1) is 10.2. The SMILES string of the molecule is O=C(O)CCN(CCN1CCOCC1)C(=O)c1ccco1. The van der Waals surface area contributed by atoms with E-state index in [0.29, 0.717) is 26.3 Å². The van der Waals surface area contributed by atoms with Crippen LogP contribution in [-0.4, -0.2) is 72.7 Å². The lowest BCUT2D eigenvalue weighted by molar-refractivity contribution is -0.137. The minimum absolute atomic E-state index is 0.0738. The lowest BCUT2D eigenvalue weighted by Crippen LogP contribution is -2.43. The predicted octanol–water partition coefficient (Wildman–Crippen LogP) is 0.529. The molecule has 0 radical (unpaired) electrons. The monoisotopic (exact) mass is 296 g/mol. The van der Waals surface area contributed by atoms with Gasteiger partial charge in [0.1, 0.15) is 0 Å². The Morgan fingerprint density at radius 2 is 2.05 bits per heavy atom. The van der Waals surface area contributed by atoms with E-state index in [-0.39, 0.29) is 24.6 Å². The summed E-state index contributed by atoms with van der Waals surface area (Å²) in [5, 5.41) is 8.80. The van der Waals surface area contributed by atoms with Gasteiger partial charge in [0.25, 0.3) is 5.91 Å². The molecule has 0 unspecified atom stereocenters. The van der Waals surface area contributed by atoms with Crippen molar-refractivity contribution in [3.8, 4) is 0 Å². The molecule has 0 bridgehead atoms. The van der Waals surface area contributed by atoms with Crippen LogP contribution in [0, 0.1) is 0 Å². The van der Waals surface area contributed by atoms with Gasteiger partial charge in [0.05, 0.1) is 25.9 Å². The third-order valence-corrected chi connectivity index (χ3v) is 3.40. The number of amides is 1. The molecule has 7 nitrogen and oxygen atoms in total. The van der Waals surface area contributed by atoms with E-state index in [2.05, 4.69) is 4.90 Å².